The number of nitrogens with one attached hydrogen (secondary N) is 1. The van der Waals surface area contributed by atoms with E-state index in [2.05, 4.69) is 20.5 Å². The van der Waals surface area contributed by atoms with E-state index in [0.29, 0.717) is 16.0 Å². The molecule has 0 unspecified atom stereocenters. The Morgan fingerprint density at radius 2 is 1.88 bits per heavy atom. The highest BCUT2D eigenvalue weighted by Crippen LogP contribution is 2.31. The zero-order valence-electron chi connectivity index (χ0n) is 17.4. The van der Waals surface area contributed by atoms with Crippen molar-refractivity contribution in [1.82, 2.24) is 19.7 Å². The third-order valence-electron chi connectivity index (χ3n) is 4.74. The molecular formula is C23H20ClN5OS2. The van der Waals surface area contributed by atoms with Gasteiger partial charge in [0.25, 0.3) is 0 Å². The summed E-state index contributed by atoms with van der Waals surface area (Å²) in [5.41, 5.74) is 3.42. The molecule has 0 saturated heterocycles. The van der Waals surface area contributed by atoms with Crippen molar-refractivity contribution >= 4 is 46.7 Å². The van der Waals surface area contributed by atoms with Crippen molar-refractivity contribution in [2.45, 2.75) is 17.0 Å². The van der Waals surface area contributed by atoms with Crippen LogP contribution in [0.25, 0.3) is 17.1 Å². The molecule has 0 atom stereocenters. The summed E-state index contributed by atoms with van der Waals surface area (Å²) in [4.78, 5) is 17.8. The van der Waals surface area contributed by atoms with Gasteiger partial charge >= 0.3 is 0 Å². The highest BCUT2D eigenvalue weighted by atomic mass is 35.5. The van der Waals surface area contributed by atoms with Crippen molar-refractivity contribution in [1.29, 1.82) is 0 Å². The number of rotatable bonds is 7. The number of nitrogens with zero attached hydrogens (tertiary/aromatic N) is 4. The van der Waals surface area contributed by atoms with E-state index >= 15 is 0 Å². The molecule has 0 spiro atoms. The molecule has 0 bridgehead atoms. The van der Waals surface area contributed by atoms with Gasteiger partial charge in [-0.05, 0) is 61.2 Å². The standard InChI is InChI=1S/C23H20ClN5OS2/c1-15-19(24)7-4-8-20(15)29-22(16-9-11-25-12-10-16)27-28-23(29)32-14-21(30)26-17-5-3-6-18(13-17)31-2/h3-13H,14H2,1-2H3,(H,26,30). The first-order valence-electron chi connectivity index (χ1n) is 9.75. The summed E-state index contributed by atoms with van der Waals surface area (Å²) in [5, 5.41) is 13.0. The first-order valence-corrected chi connectivity index (χ1v) is 12.3. The number of aromatic nitrogens is 4. The van der Waals surface area contributed by atoms with E-state index in [9.17, 15) is 4.79 Å². The number of hydrogen-bond acceptors (Lipinski definition) is 6. The van der Waals surface area contributed by atoms with Crippen LogP contribution in [0.2, 0.25) is 5.02 Å². The first-order chi connectivity index (χ1) is 15.6. The van der Waals surface area contributed by atoms with Crippen LogP contribution in [0.3, 0.4) is 0 Å². The molecule has 32 heavy (non-hydrogen) atoms. The van der Waals surface area contributed by atoms with Crippen molar-refractivity contribution < 1.29 is 4.79 Å². The van der Waals surface area contributed by atoms with E-state index in [1.54, 1.807) is 24.2 Å². The number of carbonyl (C=O) groups excluding carboxylic acids is 1. The van der Waals surface area contributed by atoms with E-state index in [4.69, 9.17) is 11.6 Å². The molecular weight excluding hydrogens is 462 g/mol. The molecule has 2 aromatic carbocycles. The van der Waals surface area contributed by atoms with Crippen LogP contribution in [-0.2, 0) is 4.79 Å². The summed E-state index contributed by atoms with van der Waals surface area (Å²) >= 11 is 9.34. The Labute approximate surface area is 199 Å². The molecule has 4 rings (SSSR count). The summed E-state index contributed by atoms with van der Waals surface area (Å²) in [7, 11) is 0. The number of hydrogen-bond donors (Lipinski definition) is 1. The Balaban J connectivity index is 1.62. The van der Waals surface area contributed by atoms with E-state index in [-0.39, 0.29) is 11.7 Å². The molecule has 0 fully saturated rings. The summed E-state index contributed by atoms with van der Waals surface area (Å²) in [5.74, 6) is 0.738. The molecule has 1 N–H and O–H groups in total. The zero-order valence-corrected chi connectivity index (χ0v) is 19.8. The molecule has 0 saturated carbocycles. The number of halogens is 1. The molecule has 0 radical (unpaired) electrons. The van der Waals surface area contributed by atoms with Gasteiger partial charge in [-0.1, -0.05) is 35.5 Å². The molecule has 0 aliphatic carbocycles. The SMILES string of the molecule is CSc1cccc(NC(=O)CSc2nnc(-c3ccncc3)n2-c2cccc(Cl)c2C)c1. The van der Waals surface area contributed by atoms with E-state index < -0.39 is 0 Å². The lowest BCUT2D eigenvalue weighted by molar-refractivity contribution is -0.113. The quantitative estimate of drug-likeness (QED) is 0.339. The van der Waals surface area contributed by atoms with Gasteiger partial charge in [-0.3, -0.25) is 14.3 Å². The fraction of sp³-hybridized carbons (Fsp3) is 0.130. The number of thioether (sulfide) groups is 2. The van der Waals surface area contributed by atoms with Crippen molar-refractivity contribution in [3.63, 3.8) is 0 Å². The van der Waals surface area contributed by atoms with Crippen LogP contribution in [0.15, 0.2) is 77.0 Å². The largest absolute Gasteiger partial charge is 0.325 e. The van der Waals surface area contributed by atoms with Crippen molar-refractivity contribution in [2.75, 3.05) is 17.3 Å². The van der Waals surface area contributed by atoms with Crippen molar-refractivity contribution in [3.05, 3.63) is 77.6 Å². The third kappa shape index (κ3) is 4.98. The van der Waals surface area contributed by atoms with Gasteiger partial charge in [-0.25, -0.2) is 0 Å². The minimum absolute atomic E-state index is 0.115. The minimum Gasteiger partial charge on any atom is -0.325 e. The van der Waals surface area contributed by atoms with Crippen LogP contribution in [-0.4, -0.2) is 37.7 Å². The number of anilines is 1. The minimum atomic E-state index is -0.115. The van der Waals surface area contributed by atoms with Crippen molar-refractivity contribution in [2.24, 2.45) is 0 Å². The molecule has 6 nitrogen and oxygen atoms in total. The van der Waals surface area contributed by atoms with E-state index in [1.165, 1.54) is 11.8 Å². The van der Waals surface area contributed by atoms with Gasteiger partial charge < -0.3 is 5.32 Å². The van der Waals surface area contributed by atoms with Crippen LogP contribution in [0, 0.1) is 6.92 Å². The highest BCUT2D eigenvalue weighted by Gasteiger charge is 2.19. The predicted molar refractivity (Wildman–Crippen MR) is 132 cm³/mol. The Bertz CT molecular complexity index is 1250. The van der Waals surface area contributed by atoms with Gasteiger partial charge in [0.05, 0.1) is 11.4 Å². The summed E-state index contributed by atoms with van der Waals surface area (Å²) in [6.45, 7) is 1.95. The van der Waals surface area contributed by atoms with Crippen molar-refractivity contribution in [3.8, 4) is 17.1 Å². The average Bonchev–Trinajstić information content (AvgIpc) is 3.24. The number of amides is 1. The predicted octanol–water partition coefficient (Wildman–Crippen LogP) is 5.74. The molecule has 1 amide bonds. The van der Waals surface area contributed by atoms with Crippen LogP contribution in [0.4, 0.5) is 5.69 Å². The molecule has 9 heteroatoms. The molecule has 2 heterocycles. The maximum atomic E-state index is 12.6. The van der Waals surface area contributed by atoms with E-state index in [0.717, 1.165) is 27.4 Å². The highest BCUT2D eigenvalue weighted by molar-refractivity contribution is 7.99. The van der Waals surface area contributed by atoms with Gasteiger partial charge in [-0.2, -0.15) is 0 Å². The molecule has 162 valence electrons. The normalized spacial score (nSPS) is 10.8. The lowest BCUT2D eigenvalue weighted by Crippen LogP contribution is -2.14. The second kappa shape index (κ2) is 10.2. The van der Waals surface area contributed by atoms with Gasteiger partial charge in [0.15, 0.2) is 11.0 Å². The molecule has 0 aliphatic rings. The van der Waals surface area contributed by atoms with Gasteiger partial charge in [0.2, 0.25) is 5.91 Å². The third-order valence-corrected chi connectivity index (χ3v) is 6.80. The van der Waals surface area contributed by atoms with Gasteiger partial charge in [0, 0.05) is 33.6 Å². The summed E-state index contributed by atoms with van der Waals surface area (Å²) < 4.78 is 1.93. The number of pyridine rings is 1. The Morgan fingerprint density at radius 3 is 2.66 bits per heavy atom. The average molecular weight is 482 g/mol. The second-order valence-corrected chi connectivity index (χ2v) is 9.06. The zero-order chi connectivity index (χ0) is 22.5. The van der Waals surface area contributed by atoms with Gasteiger partial charge in [-0.15, -0.1) is 22.0 Å². The van der Waals surface area contributed by atoms with Crippen LogP contribution in [0.1, 0.15) is 5.56 Å². The van der Waals surface area contributed by atoms with E-state index in [1.807, 2.05) is 72.3 Å². The lowest BCUT2D eigenvalue weighted by Gasteiger charge is -2.14. The fourth-order valence-electron chi connectivity index (χ4n) is 3.13. The molecule has 2 aromatic heterocycles. The second-order valence-electron chi connectivity index (χ2n) is 6.83. The van der Waals surface area contributed by atoms with Gasteiger partial charge in [0.1, 0.15) is 0 Å². The maximum absolute atomic E-state index is 12.6. The topological polar surface area (TPSA) is 72.7 Å². The number of carbonyl (C=O) groups is 1. The maximum Gasteiger partial charge on any atom is 0.234 e. The first kappa shape index (κ1) is 22.4. The van der Waals surface area contributed by atoms with Crippen LogP contribution >= 0.6 is 35.1 Å². The Hall–Kier alpha value is -2.81. The van der Waals surface area contributed by atoms with Crippen LogP contribution in [0.5, 0.6) is 0 Å². The Kier molecular flexibility index (Phi) is 7.14. The summed E-state index contributed by atoms with van der Waals surface area (Å²) in [6, 6.07) is 17.2. The smallest absolute Gasteiger partial charge is 0.234 e. The Morgan fingerprint density at radius 1 is 1.09 bits per heavy atom. The molecule has 0 aliphatic heterocycles. The fourth-order valence-corrected chi connectivity index (χ4v) is 4.51. The monoisotopic (exact) mass is 481 g/mol. The lowest BCUT2D eigenvalue weighted by atomic mass is 10.2. The van der Waals surface area contributed by atoms with Crippen LogP contribution < -0.4 is 5.32 Å². The molecule has 4 aromatic rings. The number of benzene rings is 2. The summed E-state index contributed by atoms with van der Waals surface area (Å²) in [6.07, 6.45) is 5.42.